The fourth-order valence-electron chi connectivity index (χ4n) is 3.94. The Bertz CT molecular complexity index is 332. The minimum Gasteiger partial charge on any atom is -0.366 e. The van der Waals surface area contributed by atoms with Gasteiger partial charge < -0.3 is 4.74 Å². The zero-order chi connectivity index (χ0) is 18.5. The monoisotopic (exact) mass is 362 g/mol. The van der Waals surface area contributed by atoms with Crippen molar-refractivity contribution in [2.75, 3.05) is 6.61 Å². The fourth-order valence-corrected chi connectivity index (χ4v) is 3.94. The molecule has 0 N–H and O–H groups in total. The molecule has 1 rings (SSSR count). The molecule has 1 fully saturated rings. The van der Waals surface area contributed by atoms with Gasteiger partial charge in [0.15, 0.2) is 0 Å². The highest BCUT2D eigenvalue weighted by molar-refractivity contribution is 4.99. The van der Waals surface area contributed by atoms with E-state index in [9.17, 15) is 0 Å². The second kappa shape index (κ2) is 19.3. The third-order valence-electron chi connectivity index (χ3n) is 5.72. The van der Waals surface area contributed by atoms with Crippen LogP contribution in [0.25, 0.3) is 0 Å². The fraction of sp³-hybridized carbons (Fsp3) is 0.920. The first kappa shape index (κ1) is 23.6. The van der Waals surface area contributed by atoms with Crippen LogP contribution in [0.5, 0.6) is 0 Å². The third-order valence-corrected chi connectivity index (χ3v) is 5.72. The lowest BCUT2D eigenvalue weighted by molar-refractivity contribution is 0.0497. The molecule has 0 heterocycles. The molecule has 0 amide bonds. The first-order valence-electron chi connectivity index (χ1n) is 12.0. The third kappa shape index (κ3) is 15.7. The Hall–Kier alpha value is -0.480. The maximum atomic E-state index is 5.83. The molecule has 0 unspecified atom stereocenters. The van der Waals surface area contributed by atoms with E-state index in [0.29, 0.717) is 12.7 Å². The number of unbranched alkanes of at least 4 members (excludes halogenated alkanes) is 14. The average Bonchev–Trinajstić information content (AvgIpc) is 2.68. The summed E-state index contributed by atoms with van der Waals surface area (Å²) in [7, 11) is 0. The minimum atomic E-state index is 0.499. The second-order valence-corrected chi connectivity index (χ2v) is 8.27. The maximum Gasteiger partial charge on any atom is 0.108 e. The number of ether oxygens (including phenoxy) is 1. The summed E-state index contributed by atoms with van der Waals surface area (Å²) in [6, 6.07) is 0. The van der Waals surface area contributed by atoms with Gasteiger partial charge in [-0.1, -0.05) is 116 Å². The van der Waals surface area contributed by atoms with Crippen LogP contribution in [0, 0.1) is 11.8 Å². The van der Waals surface area contributed by atoms with Crippen LogP contribution >= 0.6 is 0 Å². The van der Waals surface area contributed by atoms with Crippen LogP contribution < -0.4 is 0 Å². The van der Waals surface area contributed by atoms with E-state index in [0.717, 1.165) is 6.42 Å². The molecule has 26 heavy (non-hydrogen) atoms. The summed E-state index contributed by atoms with van der Waals surface area (Å²) < 4.78 is 5.83. The molecule has 0 spiro atoms. The van der Waals surface area contributed by atoms with Crippen molar-refractivity contribution >= 4 is 0 Å². The summed E-state index contributed by atoms with van der Waals surface area (Å²) in [5.41, 5.74) is 0. The normalized spacial score (nSPS) is 15.0. The van der Waals surface area contributed by atoms with Crippen molar-refractivity contribution in [2.24, 2.45) is 0 Å². The molecule has 152 valence electrons. The van der Waals surface area contributed by atoms with Gasteiger partial charge in [-0.25, -0.2) is 0 Å². The Labute approximate surface area is 165 Å². The van der Waals surface area contributed by atoms with Crippen LogP contribution in [0.15, 0.2) is 0 Å². The van der Waals surface area contributed by atoms with E-state index in [-0.39, 0.29) is 0 Å². The highest BCUT2D eigenvalue weighted by Gasteiger charge is 2.12. The second-order valence-electron chi connectivity index (χ2n) is 8.27. The molecule has 1 nitrogen and oxygen atoms in total. The number of rotatable bonds is 16. The predicted molar refractivity (Wildman–Crippen MR) is 116 cm³/mol. The van der Waals surface area contributed by atoms with Gasteiger partial charge in [-0.15, -0.1) is 5.92 Å². The van der Waals surface area contributed by atoms with E-state index in [2.05, 4.69) is 18.8 Å². The molecule has 1 aliphatic carbocycles. The van der Waals surface area contributed by atoms with E-state index >= 15 is 0 Å². The Morgan fingerprint density at radius 1 is 0.615 bits per heavy atom. The summed E-state index contributed by atoms with van der Waals surface area (Å²) in [6.45, 7) is 2.95. The van der Waals surface area contributed by atoms with Gasteiger partial charge in [-0.2, -0.15) is 0 Å². The molecule has 0 aromatic rings. The summed E-state index contributed by atoms with van der Waals surface area (Å²) in [5.74, 6) is 6.50. The van der Waals surface area contributed by atoms with Gasteiger partial charge in [-0.3, -0.25) is 0 Å². The molecule has 0 radical (unpaired) electrons. The molecule has 0 saturated heterocycles. The summed E-state index contributed by atoms with van der Waals surface area (Å²) >= 11 is 0. The van der Waals surface area contributed by atoms with E-state index < -0.39 is 0 Å². The zero-order valence-corrected chi connectivity index (χ0v) is 17.8. The minimum absolute atomic E-state index is 0.499. The van der Waals surface area contributed by atoms with Crippen molar-refractivity contribution in [1.82, 2.24) is 0 Å². The smallest absolute Gasteiger partial charge is 0.108 e. The van der Waals surface area contributed by atoms with Gasteiger partial charge in [0.05, 0.1) is 6.10 Å². The van der Waals surface area contributed by atoms with Crippen LogP contribution in [0.4, 0.5) is 0 Å². The number of hydrogen-bond acceptors (Lipinski definition) is 1. The molecule has 1 saturated carbocycles. The molecule has 1 heteroatoms. The van der Waals surface area contributed by atoms with Crippen molar-refractivity contribution in [3.05, 3.63) is 0 Å². The Balaban J connectivity index is 1.71. The standard InChI is InChI=1S/C25H46O/c1-2-3-4-5-6-7-8-9-10-11-12-13-14-15-16-17-21-24-26-25-22-19-18-20-23-25/h25H,2-16,18-20,22-24H2,1H3. The van der Waals surface area contributed by atoms with Crippen LogP contribution in [-0.4, -0.2) is 12.7 Å². The first-order valence-corrected chi connectivity index (χ1v) is 12.0. The maximum absolute atomic E-state index is 5.83. The summed E-state index contributed by atoms with van der Waals surface area (Å²) in [6.07, 6.45) is 28.1. The van der Waals surface area contributed by atoms with Crippen LogP contribution in [-0.2, 0) is 4.74 Å². The van der Waals surface area contributed by atoms with E-state index in [4.69, 9.17) is 4.74 Å². The Kier molecular flexibility index (Phi) is 17.5. The van der Waals surface area contributed by atoms with Gasteiger partial charge in [0.1, 0.15) is 6.61 Å². The van der Waals surface area contributed by atoms with Crippen LogP contribution in [0.2, 0.25) is 0 Å². The van der Waals surface area contributed by atoms with Crippen molar-refractivity contribution in [3.8, 4) is 11.8 Å². The van der Waals surface area contributed by atoms with E-state index in [1.54, 1.807) is 0 Å². The lowest BCUT2D eigenvalue weighted by Gasteiger charge is -2.20. The van der Waals surface area contributed by atoms with Crippen LogP contribution in [0.1, 0.15) is 135 Å². The van der Waals surface area contributed by atoms with Gasteiger partial charge in [0.25, 0.3) is 0 Å². The molecule has 1 aliphatic rings. The molecule has 0 atom stereocenters. The van der Waals surface area contributed by atoms with Crippen molar-refractivity contribution in [2.45, 2.75) is 141 Å². The zero-order valence-electron chi connectivity index (χ0n) is 17.8. The Morgan fingerprint density at radius 3 is 1.65 bits per heavy atom. The number of hydrogen-bond donors (Lipinski definition) is 0. The lowest BCUT2D eigenvalue weighted by atomic mass is 9.98. The predicted octanol–water partition coefficient (Wildman–Crippen LogP) is 8.21. The van der Waals surface area contributed by atoms with Crippen LogP contribution in [0.3, 0.4) is 0 Å². The quantitative estimate of drug-likeness (QED) is 0.198. The van der Waals surface area contributed by atoms with Gasteiger partial charge >= 0.3 is 0 Å². The first-order chi connectivity index (χ1) is 12.9. The van der Waals surface area contributed by atoms with E-state index in [1.165, 1.54) is 122 Å². The largest absolute Gasteiger partial charge is 0.366 e. The molecule has 0 aromatic heterocycles. The SMILES string of the molecule is CCCCCCCCCCCCCCCCC#CCOC1CCCCC1. The summed E-state index contributed by atoms with van der Waals surface area (Å²) in [5, 5.41) is 0. The van der Waals surface area contributed by atoms with Crippen molar-refractivity contribution < 1.29 is 4.74 Å². The Morgan fingerprint density at radius 2 is 1.12 bits per heavy atom. The molecule has 0 aliphatic heterocycles. The van der Waals surface area contributed by atoms with E-state index in [1.807, 2.05) is 0 Å². The average molecular weight is 363 g/mol. The highest BCUT2D eigenvalue weighted by atomic mass is 16.5. The van der Waals surface area contributed by atoms with Gasteiger partial charge in [-0.05, 0) is 19.3 Å². The molecule has 0 aromatic carbocycles. The van der Waals surface area contributed by atoms with Gasteiger partial charge in [0.2, 0.25) is 0 Å². The lowest BCUT2D eigenvalue weighted by Crippen LogP contribution is -2.16. The molecule has 0 bridgehead atoms. The van der Waals surface area contributed by atoms with Crippen molar-refractivity contribution in [1.29, 1.82) is 0 Å². The molecular weight excluding hydrogens is 316 g/mol. The topological polar surface area (TPSA) is 9.23 Å². The van der Waals surface area contributed by atoms with Gasteiger partial charge in [0, 0.05) is 6.42 Å². The van der Waals surface area contributed by atoms with Crippen molar-refractivity contribution in [3.63, 3.8) is 0 Å². The summed E-state index contributed by atoms with van der Waals surface area (Å²) in [4.78, 5) is 0. The highest BCUT2D eigenvalue weighted by Crippen LogP contribution is 2.19. The molecular formula is C25H46O.